The molecule has 0 saturated carbocycles. The van der Waals surface area contributed by atoms with E-state index in [4.69, 9.17) is 10.5 Å². The molecule has 0 aromatic rings. The summed E-state index contributed by atoms with van der Waals surface area (Å²) < 4.78 is 4.87. The topological polar surface area (TPSA) is 69.4 Å². The molecule has 4 heteroatoms. The number of rotatable bonds is 5. The van der Waals surface area contributed by atoms with Gasteiger partial charge in [0.1, 0.15) is 18.8 Å². The van der Waals surface area contributed by atoms with Crippen LogP contribution in [0.3, 0.4) is 0 Å². The summed E-state index contributed by atoms with van der Waals surface area (Å²) in [5.74, 6) is -0.689. The van der Waals surface area contributed by atoms with E-state index >= 15 is 0 Å². The van der Waals surface area contributed by atoms with Crippen LogP contribution in [0, 0.1) is 0 Å². The molecule has 0 aliphatic carbocycles. The maximum absolute atomic E-state index is 11.0. The Morgan fingerprint density at radius 3 is 2.21 bits per heavy atom. The van der Waals surface area contributed by atoms with Crippen molar-refractivity contribution in [2.45, 2.75) is 33.6 Å². The lowest BCUT2D eigenvalue weighted by Crippen LogP contribution is -2.12. The summed E-state index contributed by atoms with van der Waals surface area (Å²) in [6.07, 6.45) is 0.580. The largest absolute Gasteiger partial charge is 0.461 e. The van der Waals surface area contributed by atoms with Gasteiger partial charge < -0.3 is 10.5 Å². The number of nitrogens with two attached hydrogens (primary N) is 1. The highest BCUT2D eigenvalue weighted by Gasteiger charge is 2.07. The van der Waals surface area contributed by atoms with Crippen LogP contribution in [0.1, 0.15) is 33.6 Å². The molecule has 0 amide bonds. The number of allylic oxidation sites excluding steroid dienone is 1. The Hall–Kier alpha value is -1.32. The van der Waals surface area contributed by atoms with E-state index in [2.05, 4.69) is 0 Å². The van der Waals surface area contributed by atoms with Gasteiger partial charge in [-0.05, 0) is 25.8 Å². The van der Waals surface area contributed by atoms with Crippen LogP contribution in [-0.2, 0) is 14.3 Å². The lowest BCUT2D eigenvalue weighted by molar-refractivity contribution is -0.144. The summed E-state index contributed by atoms with van der Waals surface area (Å²) in [6, 6.07) is 0. The molecule has 0 aromatic heterocycles. The van der Waals surface area contributed by atoms with Crippen LogP contribution >= 0.6 is 0 Å². The molecule has 0 spiro atoms. The van der Waals surface area contributed by atoms with Gasteiger partial charge in [0.25, 0.3) is 0 Å². The number of esters is 1. The van der Waals surface area contributed by atoms with Crippen LogP contribution in [0.4, 0.5) is 0 Å². The van der Waals surface area contributed by atoms with Gasteiger partial charge in [0.15, 0.2) is 0 Å². The van der Waals surface area contributed by atoms with E-state index in [1.165, 1.54) is 6.92 Å². The predicted molar refractivity (Wildman–Crippen MR) is 53.4 cm³/mol. The minimum Gasteiger partial charge on any atom is -0.461 e. The van der Waals surface area contributed by atoms with Crippen LogP contribution in [-0.4, -0.2) is 18.4 Å². The Bertz CT molecular complexity index is 252. The van der Waals surface area contributed by atoms with E-state index in [0.717, 1.165) is 12.0 Å². The van der Waals surface area contributed by atoms with Crippen LogP contribution in [0.15, 0.2) is 11.3 Å². The van der Waals surface area contributed by atoms with Crippen molar-refractivity contribution in [1.82, 2.24) is 0 Å². The van der Waals surface area contributed by atoms with Gasteiger partial charge in [-0.3, -0.25) is 9.59 Å². The first-order chi connectivity index (χ1) is 6.47. The van der Waals surface area contributed by atoms with Crippen molar-refractivity contribution < 1.29 is 14.3 Å². The Kier molecular flexibility index (Phi) is 5.60. The first-order valence-corrected chi connectivity index (χ1v) is 4.56. The standard InChI is InChI=1S/C10H17NO3/c1-4-9(8(3)11)6-14-10(13)5-7(2)12/h4-6,11H2,1-3H3/b9-8-. The third-order valence-corrected chi connectivity index (χ3v) is 1.79. The zero-order valence-electron chi connectivity index (χ0n) is 8.92. The SMILES string of the molecule is CC/C(COC(=O)CC(C)=O)=C(\C)N. The van der Waals surface area contributed by atoms with Gasteiger partial charge in [0.05, 0.1) is 0 Å². The number of carbonyl (C=O) groups is 2. The van der Waals surface area contributed by atoms with E-state index in [9.17, 15) is 9.59 Å². The molecule has 0 radical (unpaired) electrons. The Morgan fingerprint density at radius 2 is 1.86 bits per heavy atom. The van der Waals surface area contributed by atoms with Gasteiger partial charge in [-0.25, -0.2) is 0 Å². The smallest absolute Gasteiger partial charge is 0.313 e. The molecule has 0 unspecified atom stereocenters. The fourth-order valence-corrected chi connectivity index (χ4v) is 0.917. The van der Waals surface area contributed by atoms with E-state index in [1.807, 2.05) is 6.92 Å². The van der Waals surface area contributed by atoms with Gasteiger partial charge in [-0.1, -0.05) is 6.92 Å². The summed E-state index contributed by atoms with van der Waals surface area (Å²) in [6.45, 7) is 5.24. The maximum atomic E-state index is 11.0. The monoisotopic (exact) mass is 199 g/mol. The lowest BCUT2D eigenvalue weighted by atomic mass is 10.2. The zero-order chi connectivity index (χ0) is 11.1. The second-order valence-electron chi connectivity index (χ2n) is 3.18. The van der Waals surface area contributed by atoms with Crippen molar-refractivity contribution in [1.29, 1.82) is 0 Å². The first-order valence-electron chi connectivity index (χ1n) is 4.56. The second-order valence-corrected chi connectivity index (χ2v) is 3.18. The highest BCUT2D eigenvalue weighted by Crippen LogP contribution is 2.05. The van der Waals surface area contributed by atoms with E-state index < -0.39 is 5.97 Å². The predicted octanol–water partition coefficient (Wildman–Crippen LogP) is 1.15. The van der Waals surface area contributed by atoms with E-state index in [0.29, 0.717) is 5.70 Å². The molecular weight excluding hydrogens is 182 g/mol. The van der Waals surface area contributed by atoms with Gasteiger partial charge >= 0.3 is 5.97 Å². The summed E-state index contributed by atoms with van der Waals surface area (Å²) in [5.41, 5.74) is 7.12. The fourth-order valence-electron chi connectivity index (χ4n) is 0.917. The van der Waals surface area contributed by atoms with Gasteiger partial charge in [0.2, 0.25) is 0 Å². The Labute approximate surface area is 84.1 Å². The molecule has 0 rings (SSSR count). The highest BCUT2D eigenvalue weighted by atomic mass is 16.5. The molecule has 14 heavy (non-hydrogen) atoms. The molecule has 2 N–H and O–H groups in total. The molecule has 0 aliphatic rings. The van der Waals surface area contributed by atoms with Crippen molar-refractivity contribution in [3.8, 4) is 0 Å². The minimum atomic E-state index is -0.496. The third kappa shape index (κ3) is 5.35. The zero-order valence-corrected chi connectivity index (χ0v) is 8.92. The lowest BCUT2D eigenvalue weighted by Gasteiger charge is -2.07. The van der Waals surface area contributed by atoms with Gasteiger partial charge in [-0.15, -0.1) is 0 Å². The fraction of sp³-hybridized carbons (Fsp3) is 0.600. The minimum absolute atomic E-state index is 0.166. The van der Waals surface area contributed by atoms with Crippen molar-refractivity contribution in [2.24, 2.45) is 5.73 Å². The number of hydrogen-bond donors (Lipinski definition) is 1. The van der Waals surface area contributed by atoms with Crippen molar-refractivity contribution in [2.75, 3.05) is 6.61 Å². The molecule has 0 atom stereocenters. The molecule has 0 fully saturated rings. The molecule has 0 aromatic carbocycles. The average molecular weight is 199 g/mol. The molecule has 0 saturated heterocycles. The molecule has 4 nitrogen and oxygen atoms in total. The summed E-state index contributed by atoms with van der Waals surface area (Å²) >= 11 is 0. The normalized spacial score (nSPS) is 11.9. The quantitative estimate of drug-likeness (QED) is 0.532. The number of ketones is 1. The number of carbonyl (C=O) groups excluding carboxylic acids is 2. The molecule has 80 valence electrons. The van der Waals surface area contributed by atoms with Crippen LogP contribution in [0.25, 0.3) is 0 Å². The molecule has 0 bridgehead atoms. The Balaban J connectivity index is 3.99. The van der Waals surface area contributed by atoms with Crippen molar-refractivity contribution in [3.63, 3.8) is 0 Å². The molecule has 0 heterocycles. The van der Waals surface area contributed by atoms with Crippen molar-refractivity contribution >= 4 is 11.8 Å². The third-order valence-electron chi connectivity index (χ3n) is 1.79. The highest BCUT2D eigenvalue weighted by molar-refractivity contribution is 5.94. The van der Waals surface area contributed by atoms with Crippen LogP contribution < -0.4 is 5.73 Å². The Morgan fingerprint density at radius 1 is 1.29 bits per heavy atom. The van der Waals surface area contributed by atoms with E-state index in [-0.39, 0.29) is 18.8 Å². The summed E-state index contributed by atoms with van der Waals surface area (Å²) in [5, 5.41) is 0. The number of Topliss-reactive ketones (excluding diaryl/α,β-unsaturated/α-hetero) is 1. The second kappa shape index (κ2) is 6.18. The van der Waals surface area contributed by atoms with Crippen molar-refractivity contribution in [3.05, 3.63) is 11.3 Å². The van der Waals surface area contributed by atoms with Crippen LogP contribution in [0.5, 0.6) is 0 Å². The first kappa shape index (κ1) is 12.7. The molecule has 0 aliphatic heterocycles. The van der Waals surface area contributed by atoms with Crippen LogP contribution in [0.2, 0.25) is 0 Å². The average Bonchev–Trinajstić information content (AvgIpc) is 2.03. The summed E-state index contributed by atoms with van der Waals surface area (Å²) in [4.78, 5) is 21.6. The maximum Gasteiger partial charge on any atom is 0.313 e. The molecular formula is C10H17NO3. The number of hydrogen-bond acceptors (Lipinski definition) is 4. The summed E-state index contributed by atoms with van der Waals surface area (Å²) in [7, 11) is 0. The van der Waals surface area contributed by atoms with Gasteiger partial charge in [-0.2, -0.15) is 0 Å². The number of ether oxygens (including phenoxy) is 1. The van der Waals surface area contributed by atoms with Gasteiger partial charge in [0, 0.05) is 5.70 Å². The van der Waals surface area contributed by atoms with E-state index in [1.54, 1.807) is 6.92 Å².